The Kier molecular flexibility index (Phi) is 7.71. The molecule has 2 aromatic carbocycles. The van der Waals surface area contributed by atoms with Gasteiger partial charge >= 0.3 is 0 Å². The van der Waals surface area contributed by atoms with Gasteiger partial charge < -0.3 is 5.32 Å². The second kappa shape index (κ2) is 10.6. The smallest absolute Gasteiger partial charge is 0.243 e. The molecule has 0 bridgehead atoms. The van der Waals surface area contributed by atoms with Crippen molar-refractivity contribution in [2.75, 3.05) is 31.5 Å². The molecule has 2 heterocycles. The molecular weight excluding hydrogens is 474 g/mol. The normalized spacial score (nSPS) is 19.1. The first kappa shape index (κ1) is 24.8. The van der Waals surface area contributed by atoms with Crippen LogP contribution < -0.4 is 5.32 Å². The molecule has 2 aromatic rings. The van der Waals surface area contributed by atoms with E-state index in [4.69, 9.17) is 0 Å². The summed E-state index contributed by atoms with van der Waals surface area (Å²) in [5, 5.41) is 2.85. The van der Waals surface area contributed by atoms with Crippen LogP contribution >= 0.6 is 0 Å². The van der Waals surface area contributed by atoms with Crippen LogP contribution in [-0.2, 0) is 30.6 Å². The van der Waals surface area contributed by atoms with Crippen molar-refractivity contribution in [3.05, 3.63) is 60.2 Å². The van der Waals surface area contributed by atoms with Gasteiger partial charge in [0, 0.05) is 37.8 Å². The molecule has 0 atom stereocenters. The first-order valence-electron chi connectivity index (χ1n) is 11.7. The lowest BCUT2D eigenvalue weighted by atomic mass is 9.97. The van der Waals surface area contributed by atoms with E-state index < -0.39 is 20.0 Å². The Morgan fingerprint density at radius 1 is 0.794 bits per heavy atom. The highest BCUT2D eigenvalue weighted by atomic mass is 32.2. The summed E-state index contributed by atoms with van der Waals surface area (Å²) in [6, 6.07) is 15.3. The van der Waals surface area contributed by atoms with Crippen LogP contribution in [0.1, 0.15) is 37.7 Å². The Balaban J connectivity index is 1.31. The van der Waals surface area contributed by atoms with Crippen LogP contribution in [0, 0.1) is 5.92 Å². The van der Waals surface area contributed by atoms with Gasteiger partial charge in [0.15, 0.2) is 0 Å². The van der Waals surface area contributed by atoms with Crippen molar-refractivity contribution in [3.8, 4) is 0 Å². The van der Waals surface area contributed by atoms with Crippen LogP contribution in [0.2, 0.25) is 0 Å². The molecule has 0 aromatic heterocycles. The molecule has 0 aliphatic carbocycles. The third kappa shape index (κ3) is 5.86. The van der Waals surface area contributed by atoms with Gasteiger partial charge in [-0.2, -0.15) is 4.31 Å². The predicted molar refractivity (Wildman–Crippen MR) is 131 cm³/mol. The molecule has 2 aliphatic rings. The van der Waals surface area contributed by atoms with E-state index in [2.05, 4.69) is 5.32 Å². The van der Waals surface area contributed by atoms with Gasteiger partial charge in [-0.3, -0.25) is 4.79 Å². The largest absolute Gasteiger partial charge is 0.326 e. The summed E-state index contributed by atoms with van der Waals surface area (Å²) in [5.41, 5.74) is 1.27. The van der Waals surface area contributed by atoms with Crippen LogP contribution in [0.3, 0.4) is 0 Å². The van der Waals surface area contributed by atoms with Gasteiger partial charge in [-0.05, 0) is 55.5 Å². The predicted octanol–water partition coefficient (Wildman–Crippen LogP) is 3.04. The fourth-order valence-corrected chi connectivity index (χ4v) is 7.56. The van der Waals surface area contributed by atoms with Gasteiger partial charge in [-0.25, -0.2) is 21.1 Å². The van der Waals surface area contributed by atoms with Crippen LogP contribution in [0.5, 0.6) is 0 Å². The molecule has 8 nitrogen and oxygen atoms in total. The number of piperidine rings is 2. The highest BCUT2D eigenvalue weighted by molar-refractivity contribution is 7.89. The summed E-state index contributed by atoms with van der Waals surface area (Å²) in [7, 11) is -6.94. The van der Waals surface area contributed by atoms with Gasteiger partial charge in [-0.15, -0.1) is 0 Å². The average molecular weight is 506 g/mol. The Morgan fingerprint density at radius 3 is 2.03 bits per heavy atom. The lowest BCUT2D eigenvalue weighted by Gasteiger charge is -2.30. The van der Waals surface area contributed by atoms with Crippen molar-refractivity contribution in [2.24, 2.45) is 5.92 Å². The second-order valence-electron chi connectivity index (χ2n) is 8.89. The van der Waals surface area contributed by atoms with E-state index in [1.807, 2.05) is 18.2 Å². The molecule has 184 valence electrons. The molecule has 2 saturated heterocycles. The standard InChI is InChI=1S/C24H31N3O5S2/c28-24(21-13-17-26(18-14-21)33(29,30)19-20-7-3-1-4-8-20)25-22-9-11-23(12-10-22)34(31,32)27-15-5-2-6-16-27/h1,3-4,7-12,21H,2,5-6,13-19H2,(H,25,28). The number of carbonyl (C=O) groups is 1. The molecule has 4 rings (SSSR count). The minimum atomic E-state index is -3.51. The Labute approximate surface area is 202 Å². The maximum absolute atomic E-state index is 12.8. The summed E-state index contributed by atoms with van der Waals surface area (Å²) >= 11 is 0. The summed E-state index contributed by atoms with van der Waals surface area (Å²) in [6.07, 6.45) is 3.69. The van der Waals surface area contributed by atoms with Gasteiger partial charge in [0.05, 0.1) is 10.6 Å². The minimum absolute atomic E-state index is 0.0443. The van der Waals surface area contributed by atoms with Crippen molar-refractivity contribution in [3.63, 3.8) is 0 Å². The lowest BCUT2D eigenvalue weighted by molar-refractivity contribution is -0.120. The Morgan fingerprint density at radius 2 is 1.41 bits per heavy atom. The van der Waals surface area contributed by atoms with Gasteiger partial charge in [0.2, 0.25) is 26.0 Å². The Hall–Kier alpha value is -2.27. The summed E-state index contributed by atoms with van der Waals surface area (Å²) in [4.78, 5) is 13.0. The molecule has 0 radical (unpaired) electrons. The molecule has 2 fully saturated rings. The van der Waals surface area contributed by atoms with E-state index in [1.165, 1.54) is 20.7 Å². The quantitative estimate of drug-likeness (QED) is 0.623. The molecule has 1 amide bonds. The fourth-order valence-electron chi connectivity index (χ4n) is 4.48. The maximum atomic E-state index is 12.8. The first-order valence-corrected chi connectivity index (χ1v) is 14.7. The average Bonchev–Trinajstić information content (AvgIpc) is 2.85. The minimum Gasteiger partial charge on any atom is -0.326 e. The number of nitrogens with zero attached hydrogens (tertiary/aromatic N) is 2. The van der Waals surface area contributed by atoms with Crippen LogP contribution in [-0.4, -0.2) is 57.5 Å². The van der Waals surface area contributed by atoms with Crippen LogP contribution in [0.4, 0.5) is 5.69 Å². The van der Waals surface area contributed by atoms with Crippen molar-refractivity contribution < 1.29 is 21.6 Å². The monoisotopic (exact) mass is 505 g/mol. The highest BCUT2D eigenvalue weighted by Crippen LogP contribution is 2.25. The van der Waals surface area contributed by atoms with E-state index in [0.29, 0.717) is 44.7 Å². The SMILES string of the molecule is O=C(Nc1ccc(S(=O)(=O)N2CCCCC2)cc1)C1CCN(S(=O)(=O)Cc2ccccc2)CC1. The van der Waals surface area contributed by atoms with Crippen LogP contribution in [0.25, 0.3) is 0 Å². The zero-order chi connectivity index (χ0) is 24.2. The molecule has 10 heteroatoms. The van der Waals surface area contributed by atoms with Gasteiger partial charge in [-0.1, -0.05) is 36.8 Å². The molecular formula is C24H31N3O5S2. The zero-order valence-corrected chi connectivity index (χ0v) is 20.7. The van der Waals surface area contributed by atoms with E-state index in [9.17, 15) is 21.6 Å². The van der Waals surface area contributed by atoms with Gasteiger partial charge in [0.25, 0.3) is 0 Å². The van der Waals surface area contributed by atoms with E-state index in [1.54, 1.807) is 24.3 Å². The Bertz CT molecular complexity index is 1180. The third-order valence-electron chi connectivity index (χ3n) is 6.48. The second-order valence-corrected chi connectivity index (χ2v) is 12.8. The topological polar surface area (TPSA) is 104 Å². The highest BCUT2D eigenvalue weighted by Gasteiger charge is 2.31. The van der Waals surface area contributed by atoms with Crippen molar-refractivity contribution in [1.82, 2.24) is 8.61 Å². The number of rotatable bonds is 7. The zero-order valence-electron chi connectivity index (χ0n) is 19.1. The number of hydrogen-bond donors (Lipinski definition) is 1. The first-order chi connectivity index (χ1) is 16.3. The number of hydrogen-bond acceptors (Lipinski definition) is 5. The van der Waals surface area contributed by atoms with Gasteiger partial charge in [0.1, 0.15) is 0 Å². The maximum Gasteiger partial charge on any atom is 0.243 e. The number of sulfonamides is 2. The molecule has 1 N–H and O–H groups in total. The van der Waals surface area contributed by atoms with E-state index >= 15 is 0 Å². The number of carbonyl (C=O) groups excluding carboxylic acids is 1. The summed E-state index contributed by atoms with van der Waals surface area (Å²) < 4.78 is 54.0. The lowest BCUT2D eigenvalue weighted by Crippen LogP contribution is -2.41. The number of benzene rings is 2. The molecule has 34 heavy (non-hydrogen) atoms. The van der Waals surface area contributed by atoms with Crippen LogP contribution in [0.15, 0.2) is 59.5 Å². The third-order valence-corrected chi connectivity index (χ3v) is 10.2. The number of anilines is 1. The van der Waals surface area contributed by atoms with E-state index in [-0.39, 0.29) is 22.5 Å². The molecule has 0 spiro atoms. The van der Waals surface area contributed by atoms with Crippen molar-refractivity contribution >= 4 is 31.6 Å². The fraction of sp³-hybridized carbons (Fsp3) is 0.458. The van der Waals surface area contributed by atoms with Crippen molar-refractivity contribution in [1.29, 1.82) is 0 Å². The molecule has 0 unspecified atom stereocenters. The molecule has 0 saturated carbocycles. The summed E-state index contributed by atoms with van der Waals surface area (Å²) in [5.74, 6) is -0.510. The van der Waals surface area contributed by atoms with E-state index in [0.717, 1.165) is 24.8 Å². The number of nitrogens with one attached hydrogen (secondary N) is 1. The molecule has 2 aliphatic heterocycles. The van der Waals surface area contributed by atoms with Crippen molar-refractivity contribution in [2.45, 2.75) is 42.8 Å². The summed E-state index contributed by atoms with van der Waals surface area (Å²) in [6.45, 7) is 1.70. The number of amides is 1.